The highest BCUT2D eigenvalue weighted by molar-refractivity contribution is 7.80. The van der Waals surface area contributed by atoms with Crippen molar-refractivity contribution in [1.82, 2.24) is 5.01 Å². The Morgan fingerprint density at radius 2 is 1.80 bits per heavy atom. The molecule has 1 heterocycles. The number of benzene rings is 2. The molecule has 1 aliphatic heterocycles. The van der Waals surface area contributed by atoms with Crippen LogP contribution in [0.1, 0.15) is 6.92 Å². The Balaban J connectivity index is 1.67. The van der Waals surface area contributed by atoms with Crippen LogP contribution in [0.4, 0.5) is 5.69 Å². The number of carbonyl (C=O) groups is 1. The van der Waals surface area contributed by atoms with Gasteiger partial charge in [0.2, 0.25) is 0 Å². The van der Waals surface area contributed by atoms with Crippen LogP contribution in [0, 0.1) is 0 Å². The van der Waals surface area contributed by atoms with Crippen molar-refractivity contribution in [3.8, 4) is 11.5 Å². The van der Waals surface area contributed by atoms with Crippen molar-refractivity contribution in [1.29, 1.82) is 0 Å². The lowest BCUT2D eigenvalue weighted by Crippen LogP contribution is -2.37. The molecule has 2 aromatic carbocycles. The molecule has 0 saturated carbocycles. The molecule has 126 valence electrons. The first kappa shape index (κ1) is 16.7. The molecule has 2 N–H and O–H groups in total. The van der Waals surface area contributed by atoms with Gasteiger partial charge >= 0.3 is 0 Å². The minimum atomic E-state index is -0.804. The maximum atomic E-state index is 12.1. The summed E-state index contributed by atoms with van der Waals surface area (Å²) in [6, 6.07) is 15.7. The molecule has 0 saturated heterocycles. The normalized spacial score (nSPS) is 17.0. The number of para-hydroxylation sites is 1. The van der Waals surface area contributed by atoms with Gasteiger partial charge in [0.25, 0.3) is 5.91 Å². The molecule has 0 unspecified atom stereocenters. The van der Waals surface area contributed by atoms with Crippen molar-refractivity contribution in [3.05, 3.63) is 54.6 Å². The number of hydrazone groups is 1. The fourth-order valence-corrected chi connectivity index (χ4v) is 2.31. The molecule has 3 rings (SSSR count). The molecule has 1 atom stereocenters. The average Bonchev–Trinajstić information content (AvgIpc) is 2.90. The highest BCUT2D eigenvalue weighted by Crippen LogP contribution is 2.24. The van der Waals surface area contributed by atoms with E-state index in [1.807, 2.05) is 30.3 Å². The van der Waals surface area contributed by atoms with Gasteiger partial charge in [-0.25, -0.2) is 0 Å². The summed E-state index contributed by atoms with van der Waals surface area (Å²) in [4.78, 5) is 12.1. The lowest BCUT2D eigenvalue weighted by Gasteiger charge is -2.08. The van der Waals surface area contributed by atoms with Crippen LogP contribution in [0.15, 0.2) is 69.9 Å². The van der Waals surface area contributed by atoms with Gasteiger partial charge in [0.1, 0.15) is 11.5 Å². The molecular formula is C17H15N5O2S. The summed E-state index contributed by atoms with van der Waals surface area (Å²) < 4.78 is 5.71. The molecule has 0 aromatic heterocycles. The van der Waals surface area contributed by atoms with Gasteiger partial charge in [0.05, 0.1) is 11.4 Å². The Hall–Kier alpha value is -3.13. The molecule has 1 aliphatic rings. The fourth-order valence-electron chi connectivity index (χ4n) is 2.18. The number of nitrogens with zero attached hydrogens (tertiary/aromatic N) is 4. The largest absolute Gasteiger partial charge is 0.457 e. The van der Waals surface area contributed by atoms with Gasteiger partial charge in [-0.2, -0.15) is 20.3 Å². The predicted molar refractivity (Wildman–Crippen MR) is 98.0 cm³/mol. The Morgan fingerprint density at radius 3 is 2.40 bits per heavy atom. The highest BCUT2D eigenvalue weighted by atomic mass is 32.1. The Kier molecular flexibility index (Phi) is 4.80. The van der Waals surface area contributed by atoms with Crippen LogP contribution < -0.4 is 10.5 Å². The van der Waals surface area contributed by atoms with E-state index < -0.39 is 11.9 Å². The second kappa shape index (κ2) is 7.18. The van der Waals surface area contributed by atoms with E-state index in [-0.39, 0.29) is 5.11 Å². The van der Waals surface area contributed by atoms with Crippen molar-refractivity contribution in [2.75, 3.05) is 0 Å². The maximum Gasteiger partial charge on any atom is 0.282 e. The summed E-state index contributed by atoms with van der Waals surface area (Å²) >= 11 is 4.77. The van der Waals surface area contributed by atoms with Crippen molar-refractivity contribution < 1.29 is 9.53 Å². The van der Waals surface area contributed by atoms with E-state index in [0.29, 0.717) is 17.1 Å². The van der Waals surface area contributed by atoms with Crippen LogP contribution in [-0.2, 0) is 4.79 Å². The van der Waals surface area contributed by atoms with Crippen LogP contribution in [0.2, 0.25) is 0 Å². The minimum absolute atomic E-state index is 0.107. The zero-order chi connectivity index (χ0) is 17.8. The van der Waals surface area contributed by atoms with Crippen LogP contribution in [0.3, 0.4) is 0 Å². The SMILES string of the molecule is CC1=NN(C(N)=S)C(=O)[C@@H]1N=Nc1ccc(Oc2ccccc2)cc1. The molecule has 0 spiro atoms. The molecule has 2 aromatic rings. The average molecular weight is 353 g/mol. The van der Waals surface area contributed by atoms with Gasteiger partial charge in [-0.15, -0.1) is 0 Å². The van der Waals surface area contributed by atoms with E-state index in [1.54, 1.807) is 31.2 Å². The third-order valence-electron chi connectivity index (χ3n) is 3.41. The molecule has 7 nitrogen and oxygen atoms in total. The van der Waals surface area contributed by atoms with Gasteiger partial charge in [0, 0.05) is 0 Å². The van der Waals surface area contributed by atoms with Gasteiger partial charge in [-0.1, -0.05) is 18.2 Å². The number of ether oxygens (including phenoxy) is 1. The monoisotopic (exact) mass is 353 g/mol. The van der Waals surface area contributed by atoms with Crippen molar-refractivity contribution in [2.45, 2.75) is 13.0 Å². The maximum absolute atomic E-state index is 12.1. The third-order valence-corrected chi connectivity index (χ3v) is 3.58. The molecular weight excluding hydrogens is 338 g/mol. The number of hydrogen-bond acceptors (Lipinski definition) is 6. The predicted octanol–water partition coefficient (Wildman–Crippen LogP) is 3.39. The summed E-state index contributed by atoms with van der Waals surface area (Å²) in [5, 5.41) is 13.0. The van der Waals surface area contributed by atoms with Gasteiger partial charge in [0.15, 0.2) is 11.2 Å². The van der Waals surface area contributed by atoms with E-state index in [2.05, 4.69) is 15.3 Å². The van der Waals surface area contributed by atoms with E-state index in [9.17, 15) is 4.79 Å². The first-order valence-electron chi connectivity index (χ1n) is 7.47. The van der Waals surface area contributed by atoms with E-state index >= 15 is 0 Å². The lowest BCUT2D eigenvalue weighted by molar-refractivity contribution is -0.126. The number of amides is 1. The summed E-state index contributed by atoms with van der Waals surface area (Å²) in [5.41, 5.74) is 6.53. The number of nitrogens with two attached hydrogens (primary N) is 1. The molecule has 8 heteroatoms. The quantitative estimate of drug-likeness (QED) is 0.673. The summed E-state index contributed by atoms with van der Waals surface area (Å²) in [7, 11) is 0. The van der Waals surface area contributed by atoms with Crippen LogP contribution in [0.25, 0.3) is 0 Å². The van der Waals surface area contributed by atoms with Crippen molar-refractivity contribution in [3.63, 3.8) is 0 Å². The summed E-state index contributed by atoms with van der Waals surface area (Å²) in [6.07, 6.45) is 0. The molecule has 25 heavy (non-hydrogen) atoms. The first-order chi connectivity index (χ1) is 12.0. The number of hydrogen-bond donors (Lipinski definition) is 1. The zero-order valence-electron chi connectivity index (χ0n) is 13.4. The molecule has 0 bridgehead atoms. The molecule has 0 radical (unpaired) electrons. The highest BCUT2D eigenvalue weighted by Gasteiger charge is 2.35. The second-order valence-electron chi connectivity index (χ2n) is 5.26. The van der Waals surface area contributed by atoms with Gasteiger partial charge in [-0.05, 0) is 55.5 Å². The fraction of sp³-hybridized carbons (Fsp3) is 0.118. The van der Waals surface area contributed by atoms with Gasteiger partial charge in [-0.3, -0.25) is 4.79 Å². The number of carbonyl (C=O) groups excluding carboxylic acids is 1. The smallest absolute Gasteiger partial charge is 0.282 e. The Morgan fingerprint density at radius 1 is 1.16 bits per heavy atom. The van der Waals surface area contributed by atoms with Crippen LogP contribution >= 0.6 is 12.2 Å². The van der Waals surface area contributed by atoms with Crippen molar-refractivity contribution in [2.24, 2.45) is 21.1 Å². The number of thiocarbonyl (C=S) groups is 1. The lowest BCUT2D eigenvalue weighted by atomic mass is 10.2. The Labute approximate surface area is 149 Å². The second-order valence-corrected chi connectivity index (χ2v) is 5.67. The zero-order valence-corrected chi connectivity index (χ0v) is 14.2. The number of azo groups is 1. The summed E-state index contributed by atoms with van der Waals surface area (Å²) in [6.45, 7) is 1.68. The van der Waals surface area contributed by atoms with Crippen LogP contribution in [0.5, 0.6) is 11.5 Å². The van der Waals surface area contributed by atoms with Gasteiger partial charge < -0.3 is 10.5 Å². The molecule has 1 amide bonds. The first-order valence-corrected chi connectivity index (χ1v) is 7.88. The topological polar surface area (TPSA) is 92.6 Å². The van der Waals surface area contributed by atoms with E-state index in [4.69, 9.17) is 22.7 Å². The number of rotatable bonds is 4. The minimum Gasteiger partial charge on any atom is -0.457 e. The molecule has 0 fully saturated rings. The van der Waals surface area contributed by atoms with E-state index in [0.717, 1.165) is 10.8 Å². The Bertz CT molecular complexity index is 849. The standard InChI is InChI=1S/C17H15N5O2S/c1-11-15(16(23)22(21-11)17(18)25)20-19-12-7-9-14(10-8-12)24-13-5-3-2-4-6-13/h2-10,15H,1H3,(H2,18,25)/t15-/m1/s1. The third kappa shape index (κ3) is 3.86. The van der Waals surface area contributed by atoms with Crippen molar-refractivity contribution >= 4 is 34.6 Å². The summed E-state index contributed by atoms with van der Waals surface area (Å²) in [5.74, 6) is 1.02. The molecule has 0 aliphatic carbocycles. The van der Waals surface area contributed by atoms with Crippen LogP contribution in [-0.4, -0.2) is 27.8 Å². The van der Waals surface area contributed by atoms with E-state index in [1.165, 1.54) is 0 Å².